The zero-order chi connectivity index (χ0) is 15.3. The van der Waals surface area contributed by atoms with E-state index in [1.54, 1.807) is 0 Å². The van der Waals surface area contributed by atoms with Crippen molar-refractivity contribution in [2.75, 3.05) is 40.3 Å². The van der Waals surface area contributed by atoms with Crippen molar-refractivity contribution in [3.8, 4) is 0 Å². The van der Waals surface area contributed by atoms with Crippen LogP contribution in [0.3, 0.4) is 0 Å². The zero-order valence-corrected chi connectivity index (χ0v) is 14.8. The van der Waals surface area contributed by atoms with Gasteiger partial charge < -0.3 is 15.1 Å². The van der Waals surface area contributed by atoms with E-state index < -0.39 is 0 Å². The maximum Gasteiger partial charge on any atom is 0.0217 e. The van der Waals surface area contributed by atoms with Crippen molar-refractivity contribution in [3.05, 3.63) is 0 Å². The summed E-state index contributed by atoms with van der Waals surface area (Å²) in [4.78, 5) is 5.19. The van der Waals surface area contributed by atoms with Gasteiger partial charge in [-0.15, -0.1) is 0 Å². The monoisotopic (exact) mass is 295 g/mol. The molecule has 1 saturated carbocycles. The molecule has 3 nitrogen and oxygen atoms in total. The summed E-state index contributed by atoms with van der Waals surface area (Å²) < 4.78 is 0. The van der Waals surface area contributed by atoms with Gasteiger partial charge in [0.15, 0.2) is 0 Å². The summed E-state index contributed by atoms with van der Waals surface area (Å²) in [5.74, 6) is 0. The predicted molar refractivity (Wildman–Crippen MR) is 91.8 cm³/mol. The van der Waals surface area contributed by atoms with Crippen LogP contribution < -0.4 is 5.32 Å². The second-order valence-electron chi connectivity index (χ2n) is 8.09. The summed E-state index contributed by atoms with van der Waals surface area (Å²) in [5.41, 5.74) is 0.538. The number of hydrogen-bond donors (Lipinski definition) is 1. The molecule has 2 rings (SSSR count). The van der Waals surface area contributed by atoms with E-state index in [1.165, 1.54) is 71.1 Å². The summed E-state index contributed by atoms with van der Waals surface area (Å²) in [7, 11) is 4.48. The third-order valence-electron chi connectivity index (χ3n) is 5.57. The zero-order valence-electron chi connectivity index (χ0n) is 14.8. The summed E-state index contributed by atoms with van der Waals surface area (Å²) in [6.07, 6.45) is 9.92. The molecule has 2 fully saturated rings. The van der Waals surface area contributed by atoms with Gasteiger partial charge in [-0.1, -0.05) is 33.1 Å². The van der Waals surface area contributed by atoms with Crippen LogP contribution in [-0.4, -0.2) is 62.2 Å². The average Bonchev–Trinajstić information content (AvgIpc) is 2.46. The number of piperidine rings is 1. The van der Waals surface area contributed by atoms with Crippen molar-refractivity contribution in [3.63, 3.8) is 0 Å². The molecule has 0 aromatic carbocycles. The van der Waals surface area contributed by atoms with Gasteiger partial charge in [0.1, 0.15) is 0 Å². The molecule has 3 heteroatoms. The van der Waals surface area contributed by atoms with Crippen molar-refractivity contribution < 1.29 is 0 Å². The maximum absolute atomic E-state index is 3.74. The first-order chi connectivity index (χ1) is 10.0. The Labute approximate surface area is 132 Å². The van der Waals surface area contributed by atoms with Crippen LogP contribution in [0.1, 0.15) is 58.8 Å². The van der Waals surface area contributed by atoms with Crippen LogP contribution in [0.5, 0.6) is 0 Å². The fraction of sp³-hybridized carbons (Fsp3) is 1.00. The second-order valence-corrected chi connectivity index (χ2v) is 8.09. The fourth-order valence-corrected chi connectivity index (χ4v) is 4.18. The highest BCUT2D eigenvalue weighted by atomic mass is 15.2. The van der Waals surface area contributed by atoms with E-state index in [0.29, 0.717) is 11.5 Å². The number of nitrogens with zero attached hydrogens (tertiary/aromatic N) is 2. The molecule has 124 valence electrons. The summed E-state index contributed by atoms with van der Waals surface area (Å²) >= 11 is 0. The molecule has 0 amide bonds. The summed E-state index contributed by atoms with van der Waals surface area (Å²) in [5, 5.41) is 3.74. The van der Waals surface area contributed by atoms with Crippen LogP contribution >= 0.6 is 0 Å². The maximum atomic E-state index is 3.74. The van der Waals surface area contributed by atoms with Gasteiger partial charge in [0.05, 0.1) is 0 Å². The highest BCUT2D eigenvalue weighted by Crippen LogP contribution is 2.37. The van der Waals surface area contributed by atoms with Gasteiger partial charge in [-0.2, -0.15) is 0 Å². The molecule has 2 aliphatic rings. The summed E-state index contributed by atoms with van der Waals surface area (Å²) in [6.45, 7) is 9.67. The lowest BCUT2D eigenvalue weighted by Crippen LogP contribution is -2.52. The molecule has 1 atom stereocenters. The number of likely N-dealkylation sites (tertiary alicyclic amines) is 1. The minimum absolute atomic E-state index is 0.538. The SMILES string of the molecule is CC(C)NCC1(CN2CCCC(N(C)C)C2)CCCCC1. The first-order valence-corrected chi connectivity index (χ1v) is 9.13. The van der Waals surface area contributed by atoms with Crippen LogP contribution in [0.4, 0.5) is 0 Å². The van der Waals surface area contributed by atoms with Crippen molar-refractivity contribution in [1.29, 1.82) is 0 Å². The molecule has 21 heavy (non-hydrogen) atoms. The van der Waals surface area contributed by atoms with Crippen molar-refractivity contribution in [1.82, 2.24) is 15.1 Å². The fourth-order valence-electron chi connectivity index (χ4n) is 4.18. The molecular formula is C18H37N3. The third kappa shape index (κ3) is 5.22. The Kier molecular flexibility index (Phi) is 6.51. The van der Waals surface area contributed by atoms with Crippen molar-refractivity contribution >= 4 is 0 Å². The van der Waals surface area contributed by atoms with Gasteiger partial charge >= 0.3 is 0 Å². The average molecular weight is 296 g/mol. The van der Waals surface area contributed by atoms with Gasteiger partial charge in [-0.05, 0) is 51.7 Å². The highest BCUT2D eigenvalue weighted by molar-refractivity contribution is 4.90. The van der Waals surface area contributed by atoms with Gasteiger partial charge in [0, 0.05) is 31.7 Å². The molecule has 0 bridgehead atoms. The Balaban J connectivity index is 1.94. The molecule has 1 unspecified atom stereocenters. The van der Waals surface area contributed by atoms with Crippen molar-refractivity contribution in [2.24, 2.45) is 5.41 Å². The molecule has 1 saturated heterocycles. The van der Waals surface area contributed by atoms with E-state index >= 15 is 0 Å². The van der Waals surface area contributed by atoms with E-state index in [1.807, 2.05) is 0 Å². The van der Waals surface area contributed by atoms with Crippen LogP contribution in [0.2, 0.25) is 0 Å². The van der Waals surface area contributed by atoms with E-state index in [2.05, 4.69) is 43.1 Å². The van der Waals surface area contributed by atoms with Gasteiger partial charge in [0.25, 0.3) is 0 Å². The molecule has 0 radical (unpaired) electrons. The summed E-state index contributed by atoms with van der Waals surface area (Å²) in [6, 6.07) is 1.37. The number of likely N-dealkylation sites (N-methyl/N-ethyl adjacent to an activating group) is 1. The lowest BCUT2D eigenvalue weighted by atomic mass is 9.73. The Morgan fingerprint density at radius 1 is 1.14 bits per heavy atom. The van der Waals surface area contributed by atoms with Gasteiger partial charge in [-0.3, -0.25) is 0 Å². The number of hydrogen-bond acceptors (Lipinski definition) is 3. The van der Waals surface area contributed by atoms with Crippen molar-refractivity contribution in [2.45, 2.75) is 70.9 Å². The van der Waals surface area contributed by atoms with E-state index in [4.69, 9.17) is 0 Å². The molecule has 1 heterocycles. The van der Waals surface area contributed by atoms with E-state index in [0.717, 1.165) is 6.04 Å². The van der Waals surface area contributed by atoms with Gasteiger partial charge in [-0.25, -0.2) is 0 Å². The number of rotatable bonds is 6. The molecular weight excluding hydrogens is 258 g/mol. The minimum atomic E-state index is 0.538. The van der Waals surface area contributed by atoms with E-state index in [9.17, 15) is 0 Å². The molecule has 1 aliphatic carbocycles. The molecule has 1 N–H and O–H groups in total. The lowest BCUT2D eigenvalue weighted by molar-refractivity contribution is 0.0603. The Bertz CT molecular complexity index is 295. The first-order valence-electron chi connectivity index (χ1n) is 9.13. The molecule has 0 aromatic heterocycles. The Hall–Kier alpha value is -0.120. The van der Waals surface area contributed by atoms with Gasteiger partial charge in [0.2, 0.25) is 0 Å². The topological polar surface area (TPSA) is 18.5 Å². The van der Waals surface area contributed by atoms with Crippen LogP contribution in [-0.2, 0) is 0 Å². The third-order valence-corrected chi connectivity index (χ3v) is 5.57. The predicted octanol–water partition coefficient (Wildman–Crippen LogP) is 2.96. The molecule has 1 aliphatic heterocycles. The first kappa shape index (κ1) is 17.2. The lowest BCUT2D eigenvalue weighted by Gasteiger charge is -2.45. The largest absolute Gasteiger partial charge is 0.314 e. The Morgan fingerprint density at radius 3 is 2.48 bits per heavy atom. The molecule has 0 spiro atoms. The van der Waals surface area contributed by atoms with Crippen LogP contribution in [0.15, 0.2) is 0 Å². The molecule has 0 aromatic rings. The second kappa shape index (κ2) is 7.94. The quantitative estimate of drug-likeness (QED) is 0.813. The number of nitrogens with one attached hydrogen (secondary N) is 1. The smallest absolute Gasteiger partial charge is 0.0217 e. The van der Waals surface area contributed by atoms with E-state index in [-0.39, 0.29) is 0 Å². The standard InChI is InChI=1S/C18H37N3/c1-16(2)19-14-18(10-6-5-7-11-18)15-21-12-8-9-17(13-21)20(3)4/h16-17,19H,5-15H2,1-4H3. The Morgan fingerprint density at radius 2 is 1.86 bits per heavy atom. The normalized spacial score (nSPS) is 27.4. The minimum Gasteiger partial charge on any atom is -0.314 e. The van der Waals surface area contributed by atoms with Crippen LogP contribution in [0, 0.1) is 5.41 Å². The van der Waals surface area contributed by atoms with Crippen LogP contribution in [0.25, 0.3) is 0 Å². The highest BCUT2D eigenvalue weighted by Gasteiger charge is 2.35.